The Bertz CT molecular complexity index is 585. The summed E-state index contributed by atoms with van der Waals surface area (Å²) in [4.78, 5) is 13.3. The van der Waals surface area contributed by atoms with E-state index < -0.39 is 0 Å². The summed E-state index contributed by atoms with van der Waals surface area (Å²) in [6, 6.07) is 17.5. The lowest BCUT2D eigenvalue weighted by molar-refractivity contribution is -0.120. The van der Waals surface area contributed by atoms with E-state index in [-0.39, 0.29) is 17.2 Å². The van der Waals surface area contributed by atoms with Crippen LogP contribution in [0.3, 0.4) is 0 Å². The molecule has 0 aliphatic heterocycles. The maximum Gasteiger partial charge on any atom is 0.233 e. The minimum Gasteiger partial charge on any atom is -0.349 e. The predicted octanol–water partition coefficient (Wildman–Crippen LogP) is 4.70. The van der Waals surface area contributed by atoms with Gasteiger partial charge in [0.15, 0.2) is 0 Å². The van der Waals surface area contributed by atoms with Gasteiger partial charge in [0.25, 0.3) is 0 Å². The van der Waals surface area contributed by atoms with Gasteiger partial charge in [0, 0.05) is 9.92 Å². The van der Waals surface area contributed by atoms with Gasteiger partial charge in [-0.15, -0.1) is 11.8 Å². The second kappa shape index (κ2) is 7.53. The van der Waals surface area contributed by atoms with Gasteiger partial charge >= 0.3 is 0 Å². The van der Waals surface area contributed by atoms with Crippen LogP contribution in [0.4, 0.5) is 0 Å². The van der Waals surface area contributed by atoms with E-state index in [1.165, 1.54) is 11.8 Å². The number of halogens is 1. The molecule has 4 heteroatoms. The van der Waals surface area contributed by atoms with E-state index in [4.69, 9.17) is 11.6 Å². The lowest BCUT2D eigenvalue weighted by Gasteiger charge is -2.17. The summed E-state index contributed by atoms with van der Waals surface area (Å²) >= 11 is 7.39. The minimum atomic E-state index is -0.155. The monoisotopic (exact) mass is 319 g/mol. The molecular formula is C17H18ClNOS. The highest BCUT2D eigenvalue weighted by atomic mass is 35.5. The standard InChI is InChI=1S/C17H18ClNOS/c1-12(14-6-4-3-5-7-14)19-17(20)13(2)21-16-10-8-15(18)9-11-16/h3-13H,1-2H3,(H,19,20)/t12-,13-/m1/s1. The number of amides is 1. The largest absolute Gasteiger partial charge is 0.349 e. The molecular weight excluding hydrogens is 302 g/mol. The van der Waals surface area contributed by atoms with Gasteiger partial charge in [0.1, 0.15) is 0 Å². The van der Waals surface area contributed by atoms with Crippen LogP contribution in [0.25, 0.3) is 0 Å². The molecule has 0 aliphatic carbocycles. The molecule has 0 aromatic heterocycles. The zero-order valence-corrected chi connectivity index (χ0v) is 13.6. The summed E-state index contributed by atoms with van der Waals surface area (Å²) in [5.74, 6) is 0.0336. The molecule has 1 amide bonds. The van der Waals surface area contributed by atoms with Gasteiger partial charge in [-0.2, -0.15) is 0 Å². The molecule has 0 fully saturated rings. The Morgan fingerprint density at radius 3 is 2.29 bits per heavy atom. The highest BCUT2D eigenvalue weighted by Crippen LogP contribution is 2.25. The molecule has 0 spiro atoms. The van der Waals surface area contributed by atoms with E-state index >= 15 is 0 Å². The first-order valence-corrected chi connectivity index (χ1v) is 8.09. The molecule has 21 heavy (non-hydrogen) atoms. The fourth-order valence-corrected chi connectivity index (χ4v) is 2.93. The lowest BCUT2D eigenvalue weighted by atomic mass is 10.1. The third-order valence-corrected chi connectivity index (χ3v) is 4.52. The molecule has 0 saturated carbocycles. The predicted molar refractivity (Wildman–Crippen MR) is 89.8 cm³/mol. The van der Waals surface area contributed by atoms with Gasteiger partial charge in [0.05, 0.1) is 11.3 Å². The highest BCUT2D eigenvalue weighted by molar-refractivity contribution is 8.00. The lowest BCUT2D eigenvalue weighted by Crippen LogP contribution is -2.33. The van der Waals surface area contributed by atoms with Crippen molar-refractivity contribution in [2.75, 3.05) is 0 Å². The van der Waals surface area contributed by atoms with Gasteiger partial charge < -0.3 is 5.32 Å². The van der Waals surface area contributed by atoms with Crippen molar-refractivity contribution in [2.24, 2.45) is 0 Å². The Morgan fingerprint density at radius 2 is 1.67 bits per heavy atom. The van der Waals surface area contributed by atoms with Crippen molar-refractivity contribution in [3.05, 3.63) is 65.2 Å². The molecule has 2 atom stereocenters. The van der Waals surface area contributed by atoms with Crippen molar-refractivity contribution in [1.29, 1.82) is 0 Å². The van der Waals surface area contributed by atoms with E-state index in [0.717, 1.165) is 10.5 Å². The summed E-state index contributed by atoms with van der Waals surface area (Å²) in [6.07, 6.45) is 0. The molecule has 110 valence electrons. The molecule has 2 aromatic carbocycles. The molecule has 0 heterocycles. The van der Waals surface area contributed by atoms with E-state index in [2.05, 4.69) is 5.32 Å². The van der Waals surface area contributed by atoms with Crippen LogP contribution in [-0.4, -0.2) is 11.2 Å². The van der Waals surface area contributed by atoms with Crippen molar-refractivity contribution < 1.29 is 4.79 Å². The third-order valence-electron chi connectivity index (χ3n) is 3.15. The second-order valence-corrected chi connectivity index (χ2v) is 6.71. The number of carbonyl (C=O) groups excluding carboxylic acids is 1. The number of hydrogen-bond donors (Lipinski definition) is 1. The first-order chi connectivity index (χ1) is 10.1. The van der Waals surface area contributed by atoms with Crippen molar-refractivity contribution >= 4 is 29.3 Å². The molecule has 0 aliphatic rings. The maximum absolute atomic E-state index is 12.2. The van der Waals surface area contributed by atoms with Crippen molar-refractivity contribution in [3.8, 4) is 0 Å². The number of rotatable bonds is 5. The van der Waals surface area contributed by atoms with Crippen LogP contribution in [0.1, 0.15) is 25.5 Å². The molecule has 0 radical (unpaired) electrons. The Balaban J connectivity index is 1.92. The van der Waals surface area contributed by atoms with Gasteiger partial charge in [-0.3, -0.25) is 4.79 Å². The van der Waals surface area contributed by atoms with Gasteiger partial charge in [-0.25, -0.2) is 0 Å². The van der Waals surface area contributed by atoms with E-state index in [0.29, 0.717) is 5.02 Å². The van der Waals surface area contributed by atoms with E-state index in [1.807, 2.05) is 68.4 Å². The molecule has 0 saturated heterocycles. The normalized spacial score (nSPS) is 13.5. The maximum atomic E-state index is 12.2. The Labute approximate surface area is 134 Å². The Morgan fingerprint density at radius 1 is 1.05 bits per heavy atom. The van der Waals surface area contributed by atoms with Crippen LogP contribution in [0, 0.1) is 0 Å². The molecule has 1 N–H and O–H groups in total. The quantitative estimate of drug-likeness (QED) is 0.809. The number of carbonyl (C=O) groups is 1. The number of hydrogen-bond acceptors (Lipinski definition) is 2. The highest BCUT2D eigenvalue weighted by Gasteiger charge is 2.17. The topological polar surface area (TPSA) is 29.1 Å². The summed E-state index contributed by atoms with van der Waals surface area (Å²) < 4.78 is 0. The van der Waals surface area contributed by atoms with Crippen LogP contribution in [0.5, 0.6) is 0 Å². The summed E-state index contributed by atoms with van der Waals surface area (Å²) in [6.45, 7) is 3.90. The Hall–Kier alpha value is -1.45. The zero-order valence-electron chi connectivity index (χ0n) is 12.0. The first kappa shape index (κ1) is 15.9. The third kappa shape index (κ3) is 4.80. The van der Waals surface area contributed by atoms with Gasteiger partial charge in [0.2, 0.25) is 5.91 Å². The molecule has 0 bridgehead atoms. The van der Waals surface area contributed by atoms with Crippen LogP contribution < -0.4 is 5.32 Å². The molecule has 0 unspecified atom stereocenters. The van der Waals surface area contributed by atoms with Crippen LogP contribution in [0.2, 0.25) is 5.02 Å². The Kier molecular flexibility index (Phi) is 5.71. The van der Waals surface area contributed by atoms with Gasteiger partial charge in [-0.1, -0.05) is 41.9 Å². The SMILES string of the molecule is C[C@@H](Sc1ccc(Cl)cc1)C(=O)N[C@H](C)c1ccccc1. The van der Waals surface area contributed by atoms with Crippen molar-refractivity contribution in [1.82, 2.24) is 5.32 Å². The van der Waals surface area contributed by atoms with E-state index in [9.17, 15) is 4.79 Å². The van der Waals surface area contributed by atoms with Gasteiger partial charge in [-0.05, 0) is 43.7 Å². The number of benzene rings is 2. The minimum absolute atomic E-state index is 0.00645. The number of nitrogens with one attached hydrogen (secondary N) is 1. The molecule has 2 nitrogen and oxygen atoms in total. The second-order valence-electron chi connectivity index (χ2n) is 4.85. The molecule has 2 rings (SSSR count). The average molecular weight is 320 g/mol. The van der Waals surface area contributed by atoms with Crippen LogP contribution in [0.15, 0.2) is 59.5 Å². The molecule has 2 aromatic rings. The van der Waals surface area contributed by atoms with Crippen LogP contribution in [-0.2, 0) is 4.79 Å². The summed E-state index contributed by atoms with van der Waals surface area (Å²) in [5, 5.41) is 3.59. The number of thioether (sulfide) groups is 1. The zero-order chi connectivity index (χ0) is 15.2. The van der Waals surface area contributed by atoms with E-state index in [1.54, 1.807) is 0 Å². The van der Waals surface area contributed by atoms with Crippen molar-refractivity contribution in [3.63, 3.8) is 0 Å². The smallest absolute Gasteiger partial charge is 0.233 e. The summed E-state index contributed by atoms with van der Waals surface area (Å²) in [7, 11) is 0. The fourth-order valence-electron chi connectivity index (χ4n) is 1.93. The van der Waals surface area contributed by atoms with Crippen molar-refractivity contribution in [2.45, 2.75) is 30.0 Å². The first-order valence-electron chi connectivity index (χ1n) is 6.84. The summed E-state index contributed by atoms with van der Waals surface area (Å²) in [5.41, 5.74) is 1.11. The fraction of sp³-hybridized carbons (Fsp3) is 0.235. The van der Waals surface area contributed by atoms with Crippen LogP contribution >= 0.6 is 23.4 Å². The average Bonchev–Trinajstić information content (AvgIpc) is 2.50.